The van der Waals surface area contributed by atoms with Gasteiger partial charge in [-0.05, 0) is 25.5 Å². The van der Waals surface area contributed by atoms with Crippen molar-refractivity contribution in [3.8, 4) is 0 Å². The fourth-order valence-corrected chi connectivity index (χ4v) is 3.31. The number of alkyl halides is 2. The first-order valence-corrected chi connectivity index (χ1v) is 9.61. The van der Waals surface area contributed by atoms with Crippen LogP contribution < -0.4 is 0 Å². The Morgan fingerprint density at radius 1 is 1.13 bits per heavy atom. The minimum atomic E-state index is -3.10. The Kier molecular flexibility index (Phi) is 8.10. The van der Waals surface area contributed by atoms with E-state index in [0.29, 0.717) is 11.1 Å². The molecule has 0 fully saturated rings. The average molecular weight is 453 g/mol. The standard InChI is InChI=1S/C22H23ClF2N2O4/c1-13-8-6-9-15(20(27-30-5)21(28)29-4)16(13)12-31-26-14(2)19-17(22(3,24)25)10-7-11-18(19)23/h6-11H,12H2,1-5H3/b26-14+,27-20+. The van der Waals surface area contributed by atoms with Crippen LogP contribution in [0.3, 0.4) is 0 Å². The molecule has 0 saturated carbocycles. The summed E-state index contributed by atoms with van der Waals surface area (Å²) < 4.78 is 32.8. The van der Waals surface area contributed by atoms with E-state index in [1.54, 1.807) is 12.1 Å². The number of carbonyl (C=O) groups excluding carboxylic acids is 1. The average Bonchev–Trinajstić information content (AvgIpc) is 2.71. The molecule has 0 atom stereocenters. The maximum Gasteiger partial charge on any atom is 0.360 e. The molecule has 0 aliphatic carbocycles. The van der Waals surface area contributed by atoms with E-state index in [4.69, 9.17) is 26.0 Å². The van der Waals surface area contributed by atoms with Gasteiger partial charge in [0.25, 0.3) is 5.92 Å². The number of aryl methyl sites for hydroxylation is 1. The molecule has 0 bridgehead atoms. The Morgan fingerprint density at radius 3 is 2.42 bits per heavy atom. The van der Waals surface area contributed by atoms with Gasteiger partial charge >= 0.3 is 5.97 Å². The molecular formula is C22H23ClF2N2O4. The molecule has 0 radical (unpaired) electrons. The van der Waals surface area contributed by atoms with E-state index < -0.39 is 11.9 Å². The monoisotopic (exact) mass is 452 g/mol. The molecule has 0 heterocycles. The van der Waals surface area contributed by atoms with E-state index >= 15 is 0 Å². The summed E-state index contributed by atoms with van der Waals surface area (Å²) in [6, 6.07) is 9.50. The molecule has 2 aromatic rings. The number of nitrogens with zero attached hydrogens (tertiary/aromatic N) is 2. The number of ether oxygens (including phenoxy) is 1. The molecule has 0 aliphatic heterocycles. The molecule has 0 saturated heterocycles. The number of oxime groups is 2. The molecule has 0 amide bonds. The molecule has 31 heavy (non-hydrogen) atoms. The summed E-state index contributed by atoms with van der Waals surface area (Å²) in [6.45, 7) is 4.09. The van der Waals surface area contributed by atoms with Crippen molar-refractivity contribution in [3.63, 3.8) is 0 Å². The molecule has 166 valence electrons. The van der Waals surface area contributed by atoms with E-state index in [1.807, 2.05) is 13.0 Å². The number of carbonyl (C=O) groups is 1. The smallest absolute Gasteiger partial charge is 0.360 e. The summed E-state index contributed by atoms with van der Waals surface area (Å²) >= 11 is 6.15. The molecule has 0 unspecified atom stereocenters. The summed E-state index contributed by atoms with van der Waals surface area (Å²) in [6.07, 6.45) is 0. The van der Waals surface area contributed by atoms with Gasteiger partial charge in [0, 0.05) is 29.2 Å². The van der Waals surface area contributed by atoms with Crippen molar-refractivity contribution < 1.29 is 28.0 Å². The second-order valence-electron chi connectivity index (χ2n) is 6.72. The highest BCUT2D eigenvalue weighted by molar-refractivity contribution is 6.43. The van der Waals surface area contributed by atoms with Crippen molar-refractivity contribution in [2.24, 2.45) is 10.3 Å². The first kappa shape index (κ1) is 24.3. The van der Waals surface area contributed by atoms with Gasteiger partial charge in [0.05, 0.1) is 17.8 Å². The summed E-state index contributed by atoms with van der Waals surface area (Å²) in [5.74, 6) is -3.79. The van der Waals surface area contributed by atoms with Crippen LogP contribution in [0.2, 0.25) is 5.02 Å². The van der Waals surface area contributed by atoms with Gasteiger partial charge < -0.3 is 14.4 Å². The lowest BCUT2D eigenvalue weighted by Crippen LogP contribution is -2.20. The highest BCUT2D eigenvalue weighted by Crippen LogP contribution is 2.33. The maximum atomic E-state index is 14.0. The van der Waals surface area contributed by atoms with Gasteiger partial charge in [-0.2, -0.15) is 0 Å². The Bertz CT molecular complexity index is 1020. The van der Waals surface area contributed by atoms with Crippen molar-refractivity contribution in [2.75, 3.05) is 14.2 Å². The van der Waals surface area contributed by atoms with Crippen LogP contribution in [0.4, 0.5) is 8.78 Å². The Morgan fingerprint density at radius 2 is 1.81 bits per heavy atom. The van der Waals surface area contributed by atoms with Crippen LogP contribution >= 0.6 is 11.6 Å². The quantitative estimate of drug-likeness (QED) is 0.312. The van der Waals surface area contributed by atoms with Gasteiger partial charge in [-0.25, -0.2) is 13.6 Å². The predicted molar refractivity (Wildman–Crippen MR) is 115 cm³/mol. The highest BCUT2D eigenvalue weighted by Gasteiger charge is 2.29. The van der Waals surface area contributed by atoms with Gasteiger partial charge in [0.15, 0.2) is 5.71 Å². The van der Waals surface area contributed by atoms with Crippen LogP contribution in [0.25, 0.3) is 0 Å². The van der Waals surface area contributed by atoms with Crippen molar-refractivity contribution in [1.82, 2.24) is 0 Å². The van der Waals surface area contributed by atoms with Crippen LogP contribution in [-0.2, 0) is 31.7 Å². The van der Waals surface area contributed by atoms with Crippen molar-refractivity contribution in [1.29, 1.82) is 0 Å². The summed E-state index contributed by atoms with van der Waals surface area (Å²) in [5.41, 5.74) is 1.87. The Balaban J connectivity index is 2.38. The summed E-state index contributed by atoms with van der Waals surface area (Å²) in [5, 5.41) is 7.89. The van der Waals surface area contributed by atoms with E-state index in [1.165, 1.54) is 39.3 Å². The predicted octanol–water partition coefficient (Wildman–Crippen LogP) is 5.22. The minimum Gasteiger partial charge on any atom is -0.464 e. The van der Waals surface area contributed by atoms with Crippen LogP contribution in [-0.4, -0.2) is 31.6 Å². The lowest BCUT2D eigenvalue weighted by Gasteiger charge is -2.17. The molecule has 0 aromatic heterocycles. The van der Waals surface area contributed by atoms with Crippen LogP contribution in [0.5, 0.6) is 0 Å². The van der Waals surface area contributed by atoms with Crippen molar-refractivity contribution in [2.45, 2.75) is 33.3 Å². The van der Waals surface area contributed by atoms with E-state index in [2.05, 4.69) is 10.3 Å². The normalized spacial score (nSPS) is 12.5. The maximum absolute atomic E-state index is 14.0. The van der Waals surface area contributed by atoms with Gasteiger partial charge in [-0.15, -0.1) is 0 Å². The van der Waals surface area contributed by atoms with Crippen LogP contribution in [0.1, 0.15) is 41.7 Å². The largest absolute Gasteiger partial charge is 0.464 e. The third-order valence-corrected chi connectivity index (χ3v) is 4.80. The zero-order valence-electron chi connectivity index (χ0n) is 17.8. The second-order valence-corrected chi connectivity index (χ2v) is 7.12. The van der Waals surface area contributed by atoms with Crippen LogP contribution in [0, 0.1) is 6.92 Å². The highest BCUT2D eigenvalue weighted by atomic mass is 35.5. The number of rotatable bonds is 8. The van der Waals surface area contributed by atoms with Gasteiger partial charge in [-0.1, -0.05) is 52.2 Å². The number of methoxy groups -OCH3 is 1. The van der Waals surface area contributed by atoms with E-state index in [-0.39, 0.29) is 34.2 Å². The Hall–Kier alpha value is -3.00. The van der Waals surface area contributed by atoms with Gasteiger partial charge in [-0.3, -0.25) is 0 Å². The molecule has 0 aliphatic rings. The zero-order chi connectivity index (χ0) is 23.2. The van der Waals surface area contributed by atoms with Crippen molar-refractivity contribution in [3.05, 3.63) is 69.2 Å². The molecule has 9 heteroatoms. The molecular weight excluding hydrogens is 430 g/mol. The fourth-order valence-electron chi connectivity index (χ4n) is 3.00. The molecule has 6 nitrogen and oxygen atoms in total. The lowest BCUT2D eigenvalue weighted by molar-refractivity contribution is -0.132. The van der Waals surface area contributed by atoms with Crippen LogP contribution in [0.15, 0.2) is 46.7 Å². The number of hydrogen-bond acceptors (Lipinski definition) is 6. The third-order valence-electron chi connectivity index (χ3n) is 4.49. The van der Waals surface area contributed by atoms with Crippen molar-refractivity contribution >= 4 is 29.0 Å². The topological polar surface area (TPSA) is 69.5 Å². The van der Waals surface area contributed by atoms with Gasteiger partial charge in [0.1, 0.15) is 13.7 Å². The first-order valence-electron chi connectivity index (χ1n) is 9.23. The lowest BCUT2D eigenvalue weighted by atomic mass is 9.99. The summed E-state index contributed by atoms with van der Waals surface area (Å²) in [7, 11) is 2.55. The number of halogens is 3. The SMILES string of the molecule is CO/N=C(/C(=O)OC)c1cccc(C)c1CO/N=C(\C)c1c(Cl)cccc1C(C)(F)F. The van der Waals surface area contributed by atoms with Gasteiger partial charge in [0.2, 0.25) is 0 Å². The number of hydrogen-bond donors (Lipinski definition) is 0. The summed E-state index contributed by atoms with van der Waals surface area (Å²) in [4.78, 5) is 22.3. The fraction of sp³-hybridized carbons (Fsp3) is 0.318. The zero-order valence-corrected chi connectivity index (χ0v) is 18.6. The first-order chi connectivity index (χ1) is 14.6. The van der Waals surface area contributed by atoms with E-state index in [9.17, 15) is 13.6 Å². The minimum absolute atomic E-state index is 0.0352. The Labute approximate surface area is 184 Å². The molecule has 0 N–H and O–H groups in total. The van der Waals surface area contributed by atoms with E-state index in [0.717, 1.165) is 12.5 Å². The number of esters is 1. The third kappa shape index (κ3) is 5.79. The molecule has 2 rings (SSSR count). The molecule has 0 spiro atoms. The number of benzene rings is 2. The second kappa shape index (κ2) is 10.3. The molecule has 2 aromatic carbocycles.